The van der Waals surface area contributed by atoms with Crippen LogP contribution in [-0.2, 0) is 15.5 Å². The molecular formula is C15H27N2O2P. The van der Waals surface area contributed by atoms with Gasteiger partial charge in [0.05, 0.1) is 6.61 Å². The number of hydrogen-bond donors (Lipinski definition) is 1. The summed E-state index contributed by atoms with van der Waals surface area (Å²) in [6, 6.07) is 2.42. The Morgan fingerprint density at radius 3 is 2.90 bits per heavy atom. The van der Waals surface area contributed by atoms with Crippen molar-refractivity contribution in [2.75, 3.05) is 26.0 Å². The van der Waals surface area contributed by atoms with Crippen LogP contribution in [0.5, 0.6) is 0 Å². The van der Waals surface area contributed by atoms with Gasteiger partial charge in [-0.15, -0.1) is 0 Å². The fraction of sp³-hybridized carbons (Fsp3) is 0.667. The summed E-state index contributed by atoms with van der Waals surface area (Å²) in [5.74, 6) is 0. The maximum absolute atomic E-state index is 12.0. The molecule has 2 atom stereocenters. The maximum atomic E-state index is 12.0. The summed E-state index contributed by atoms with van der Waals surface area (Å²) in [6.45, 7) is 9.27. The van der Waals surface area contributed by atoms with E-state index in [0.717, 1.165) is 19.4 Å². The van der Waals surface area contributed by atoms with Gasteiger partial charge in [-0.1, -0.05) is 0 Å². The smallest absolute Gasteiger partial charge is 0.200 e. The average Bonchev–Trinajstić information content (AvgIpc) is 2.39. The van der Waals surface area contributed by atoms with Gasteiger partial charge in [0.2, 0.25) is 0 Å². The van der Waals surface area contributed by atoms with Crippen molar-refractivity contribution in [3.8, 4) is 0 Å². The van der Waals surface area contributed by atoms with Crippen molar-refractivity contribution in [2.45, 2.75) is 39.7 Å². The number of aryl methyl sites for hydroxylation is 1. The highest BCUT2D eigenvalue weighted by atomic mass is 31.2. The monoisotopic (exact) mass is 298 g/mol. The molecule has 4 nitrogen and oxygen atoms in total. The first-order chi connectivity index (χ1) is 9.44. The minimum atomic E-state index is -2.39. The van der Waals surface area contributed by atoms with Crippen molar-refractivity contribution < 1.29 is 9.09 Å². The van der Waals surface area contributed by atoms with Gasteiger partial charge < -0.3 is 9.84 Å². The summed E-state index contributed by atoms with van der Waals surface area (Å²) >= 11 is 0. The standard InChI is InChI=1S/C15H27N2O2P/c1-5-19-20(4,18)11-8-14(3)17-10-7-15-6-9-16-12-13(15)2/h6,9,12,14,17H,5,7-8,10-11H2,1-4H3/t14-,20+/m0/s1. The van der Waals surface area contributed by atoms with Crippen LogP contribution in [0.2, 0.25) is 0 Å². The molecule has 0 aliphatic rings. The van der Waals surface area contributed by atoms with Crippen LogP contribution < -0.4 is 5.32 Å². The Hall–Kier alpha value is -0.700. The minimum absolute atomic E-state index is 0.353. The van der Waals surface area contributed by atoms with E-state index in [4.69, 9.17) is 4.52 Å². The zero-order valence-electron chi connectivity index (χ0n) is 13.1. The Kier molecular flexibility index (Phi) is 7.42. The number of hydrogen-bond acceptors (Lipinski definition) is 4. The molecule has 0 saturated carbocycles. The Bertz CT molecular complexity index is 451. The molecule has 5 heteroatoms. The highest BCUT2D eigenvalue weighted by Crippen LogP contribution is 2.42. The van der Waals surface area contributed by atoms with E-state index in [0.29, 0.717) is 18.8 Å². The average molecular weight is 298 g/mol. The molecule has 0 aliphatic heterocycles. The van der Waals surface area contributed by atoms with Crippen molar-refractivity contribution in [1.82, 2.24) is 10.3 Å². The molecule has 114 valence electrons. The van der Waals surface area contributed by atoms with Crippen molar-refractivity contribution in [2.24, 2.45) is 0 Å². The van der Waals surface area contributed by atoms with Gasteiger partial charge >= 0.3 is 0 Å². The zero-order chi connectivity index (χ0) is 15.0. The molecule has 0 spiro atoms. The molecule has 0 saturated heterocycles. The van der Waals surface area contributed by atoms with Crippen LogP contribution in [-0.4, -0.2) is 37.0 Å². The first kappa shape index (κ1) is 17.4. The van der Waals surface area contributed by atoms with Crippen LogP contribution in [0.4, 0.5) is 0 Å². The highest BCUT2D eigenvalue weighted by Gasteiger charge is 2.16. The number of rotatable bonds is 9. The van der Waals surface area contributed by atoms with E-state index in [1.165, 1.54) is 11.1 Å². The molecule has 20 heavy (non-hydrogen) atoms. The molecule has 0 amide bonds. The lowest BCUT2D eigenvalue weighted by Crippen LogP contribution is -2.29. The predicted molar refractivity (Wildman–Crippen MR) is 84.8 cm³/mol. The van der Waals surface area contributed by atoms with Crippen molar-refractivity contribution in [3.63, 3.8) is 0 Å². The van der Waals surface area contributed by atoms with Gasteiger partial charge in [0.25, 0.3) is 0 Å². The first-order valence-corrected chi connectivity index (χ1v) is 9.54. The van der Waals surface area contributed by atoms with E-state index < -0.39 is 7.37 Å². The molecule has 0 aromatic carbocycles. The van der Waals surface area contributed by atoms with Gasteiger partial charge in [-0.3, -0.25) is 9.55 Å². The molecular weight excluding hydrogens is 271 g/mol. The first-order valence-electron chi connectivity index (χ1n) is 7.28. The number of pyridine rings is 1. The van der Waals surface area contributed by atoms with E-state index in [9.17, 15) is 4.57 Å². The Morgan fingerprint density at radius 1 is 1.50 bits per heavy atom. The van der Waals surface area contributed by atoms with Gasteiger partial charge in [0.15, 0.2) is 7.37 Å². The summed E-state index contributed by atoms with van der Waals surface area (Å²) in [5.41, 5.74) is 2.56. The van der Waals surface area contributed by atoms with Gasteiger partial charge in [0.1, 0.15) is 0 Å². The molecule has 1 N–H and O–H groups in total. The minimum Gasteiger partial charge on any atom is -0.329 e. The van der Waals surface area contributed by atoms with Crippen LogP contribution in [0.1, 0.15) is 31.4 Å². The fourth-order valence-electron chi connectivity index (χ4n) is 2.10. The summed E-state index contributed by atoms with van der Waals surface area (Å²) < 4.78 is 17.3. The zero-order valence-corrected chi connectivity index (χ0v) is 14.0. The third kappa shape index (κ3) is 6.65. The molecule has 0 unspecified atom stereocenters. The number of nitrogens with one attached hydrogen (secondary N) is 1. The summed E-state index contributed by atoms with van der Waals surface area (Å²) in [5, 5.41) is 3.48. The van der Waals surface area contributed by atoms with E-state index in [-0.39, 0.29) is 0 Å². The van der Waals surface area contributed by atoms with Crippen LogP contribution in [0.3, 0.4) is 0 Å². The van der Waals surface area contributed by atoms with Crippen molar-refractivity contribution >= 4 is 7.37 Å². The lowest BCUT2D eigenvalue weighted by atomic mass is 10.1. The van der Waals surface area contributed by atoms with Crippen LogP contribution in [0.25, 0.3) is 0 Å². The Morgan fingerprint density at radius 2 is 2.25 bits per heavy atom. The third-order valence-electron chi connectivity index (χ3n) is 3.39. The lowest BCUT2D eigenvalue weighted by Gasteiger charge is -2.17. The summed E-state index contributed by atoms with van der Waals surface area (Å²) in [6.07, 6.45) is 6.25. The topological polar surface area (TPSA) is 51.2 Å². The quantitative estimate of drug-likeness (QED) is 0.711. The Balaban J connectivity index is 2.25. The fourth-order valence-corrected chi connectivity index (χ4v) is 3.64. The van der Waals surface area contributed by atoms with Crippen LogP contribution in [0.15, 0.2) is 18.5 Å². The van der Waals surface area contributed by atoms with E-state index >= 15 is 0 Å². The number of nitrogens with zero attached hydrogens (tertiary/aromatic N) is 1. The SMILES string of the molecule is CCO[P@@](C)(=O)CC[C@H](C)NCCc1ccncc1C. The normalized spacial score (nSPS) is 15.8. The van der Waals surface area contributed by atoms with E-state index in [1.807, 2.05) is 19.3 Å². The molecule has 0 fully saturated rings. The lowest BCUT2D eigenvalue weighted by molar-refractivity contribution is 0.335. The Labute approximate surface area is 122 Å². The highest BCUT2D eigenvalue weighted by molar-refractivity contribution is 7.58. The van der Waals surface area contributed by atoms with E-state index in [2.05, 4.69) is 30.2 Å². The molecule has 0 aliphatic carbocycles. The van der Waals surface area contributed by atoms with E-state index in [1.54, 1.807) is 6.66 Å². The molecule has 1 aromatic heterocycles. The molecule has 1 rings (SSSR count). The largest absolute Gasteiger partial charge is 0.329 e. The van der Waals surface area contributed by atoms with Gasteiger partial charge in [-0.25, -0.2) is 0 Å². The molecule has 1 heterocycles. The van der Waals surface area contributed by atoms with Crippen molar-refractivity contribution in [1.29, 1.82) is 0 Å². The van der Waals surface area contributed by atoms with Crippen LogP contribution >= 0.6 is 7.37 Å². The van der Waals surface area contributed by atoms with Crippen molar-refractivity contribution in [3.05, 3.63) is 29.6 Å². The molecule has 0 radical (unpaired) electrons. The summed E-state index contributed by atoms with van der Waals surface area (Å²) in [7, 11) is -2.39. The molecule has 0 bridgehead atoms. The van der Waals surface area contributed by atoms with Crippen LogP contribution in [0, 0.1) is 6.92 Å². The summed E-state index contributed by atoms with van der Waals surface area (Å²) in [4.78, 5) is 4.10. The van der Waals surface area contributed by atoms with Gasteiger partial charge in [0, 0.05) is 31.3 Å². The molecule has 1 aromatic rings. The van der Waals surface area contributed by atoms with Gasteiger partial charge in [-0.05, 0) is 57.4 Å². The maximum Gasteiger partial charge on any atom is 0.200 e. The second-order valence-electron chi connectivity index (χ2n) is 5.35. The predicted octanol–water partition coefficient (Wildman–Crippen LogP) is 3.25. The third-order valence-corrected chi connectivity index (χ3v) is 5.27. The second kappa shape index (κ2) is 8.56. The second-order valence-corrected chi connectivity index (χ2v) is 8.09. The number of aromatic nitrogens is 1. The van der Waals surface area contributed by atoms with Gasteiger partial charge in [-0.2, -0.15) is 0 Å².